The van der Waals surface area contributed by atoms with Crippen molar-refractivity contribution in [2.45, 2.75) is 51.7 Å². The zero-order valence-electron chi connectivity index (χ0n) is 18.5. The van der Waals surface area contributed by atoms with Crippen LogP contribution in [0.1, 0.15) is 47.7 Å². The second-order valence-electron chi connectivity index (χ2n) is 8.11. The van der Waals surface area contributed by atoms with E-state index >= 15 is 0 Å². The molecule has 0 radical (unpaired) electrons. The van der Waals surface area contributed by atoms with E-state index < -0.39 is 0 Å². The number of nitrogens with zero attached hydrogens (tertiary/aromatic N) is 5. The first kappa shape index (κ1) is 21.6. The Hall–Kier alpha value is -2.61. The summed E-state index contributed by atoms with van der Waals surface area (Å²) < 4.78 is 1.88. The number of aryl methyl sites for hydroxylation is 2. The van der Waals surface area contributed by atoms with Crippen molar-refractivity contribution in [3.8, 4) is 0 Å². The summed E-state index contributed by atoms with van der Waals surface area (Å²) in [6.07, 6.45) is 5.33. The zero-order valence-corrected chi connectivity index (χ0v) is 19.3. The molecular weight excluding hydrogens is 408 g/mol. The molecule has 0 aliphatic carbocycles. The van der Waals surface area contributed by atoms with Crippen molar-refractivity contribution in [3.63, 3.8) is 0 Å². The van der Waals surface area contributed by atoms with Crippen molar-refractivity contribution in [1.29, 1.82) is 0 Å². The summed E-state index contributed by atoms with van der Waals surface area (Å²) in [6.45, 7) is 9.28. The molecule has 0 spiro atoms. The summed E-state index contributed by atoms with van der Waals surface area (Å²) >= 11 is 1.69. The smallest absolute Gasteiger partial charge is 0.251 e. The van der Waals surface area contributed by atoms with Gasteiger partial charge >= 0.3 is 0 Å². The van der Waals surface area contributed by atoms with Gasteiger partial charge in [-0.15, -0.1) is 0 Å². The molecule has 0 unspecified atom stereocenters. The first-order valence-electron chi connectivity index (χ1n) is 11.0. The minimum absolute atomic E-state index is 0.0603. The van der Waals surface area contributed by atoms with E-state index in [2.05, 4.69) is 28.3 Å². The number of carbonyl (C=O) groups is 1. The van der Waals surface area contributed by atoms with Gasteiger partial charge in [0.15, 0.2) is 10.8 Å². The highest BCUT2D eigenvalue weighted by Gasteiger charge is 2.21. The summed E-state index contributed by atoms with van der Waals surface area (Å²) in [4.78, 5) is 24.6. The van der Waals surface area contributed by atoms with Crippen LogP contribution in [-0.4, -0.2) is 51.0 Å². The number of fused-ring (bicyclic) bond motifs is 1. The lowest BCUT2D eigenvalue weighted by atomic mass is 10.1. The Morgan fingerprint density at radius 2 is 1.87 bits per heavy atom. The van der Waals surface area contributed by atoms with Crippen LogP contribution in [-0.2, 0) is 6.54 Å². The van der Waals surface area contributed by atoms with Gasteiger partial charge in [-0.25, -0.2) is 14.6 Å². The SMILES string of the molecule is CCCSc1nc(N2CCCC2)c2cnn(CCNC(=O)c3cc(C)cc(C)c3)c2n1. The number of hydrogen-bond donors (Lipinski definition) is 1. The maximum Gasteiger partial charge on any atom is 0.251 e. The van der Waals surface area contributed by atoms with Crippen LogP contribution < -0.4 is 10.2 Å². The molecule has 1 saturated heterocycles. The summed E-state index contributed by atoms with van der Waals surface area (Å²) in [5.41, 5.74) is 3.72. The van der Waals surface area contributed by atoms with Crippen molar-refractivity contribution in [3.05, 3.63) is 41.1 Å². The predicted molar refractivity (Wildman–Crippen MR) is 126 cm³/mol. The van der Waals surface area contributed by atoms with Crippen LogP contribution in [0.4, 0.5) is 5.82 Å². The lowest BCUT2D eigenvalue weighted by Gasteiger charge is -2.18. The van der Waals surface area contributed by atoms with E-state index in [-0.39, 0.29) is 5.91 Å². The van der Waals surface area contributed by atoms with E-state index in [1.54, 1.807) is 11.8 Å². The average Bonchev–Trinajstić information content (AvgIpc) is 3.41. The van der Waals surface area contributed by atoms with Crippen LogP contribution in [0.2, 0.25) is 0 Å². The Morgan fingerprint density at radius 3 is 2.58 bits per heavy atom. The molecule has 1 amide bonds. The van der Waals surface area contributed by atoms with Gasteiger partial charge in [-0.3, -0.25) is 4.79 Å². The monoisotopic (exact) mass is 438 g/mol. The van der Waals surface area contributed by atoms with E-state index in [4.69, 9.17) is 9.97 Å². The van der Waals surface area contributed by atoms with Crippen LogP contribution in [0.5, 0.6) is 0 Å². The molecule has 7 nitrogen and oxygen atoms in total. The third kappa shape index (κ3) is 5.01. The highest BCUT2D eigenvalue weighted by atomic mass is 32.2. The number of anilines is 1. The molecule has 0 saturated carbocycles. The molecule has 1 aromatic carbocycles. The van der Waals surface area contributed by atoms with Crippen LogP contribution in [0.3, 0.4) is 0 Å². The summed E-state index contributed by atoms with van der Waals surface area (Å²) in [6, 6.07) is 5.90. The fourth-order valence-electron chi connectivity index (χ4n) is 4.00. The zero-order chi connectivity index (χ0) is 21.8. The van der Waals surface area contributed by atoms with Gasteiger partial charge in [0.1, 0.15) is 5.82 Å². The number of rotatable bonds is 8. The number of thioether (sulfide) groups is 1. The number of nitrogens with one attached hydrogen (secondary N) is 1. The van der Waals surface area contributed by atoms with Gasteiger partial charge in [-0.05, 0) is 45.2 Å². The molecule has 4 rings (SSSR count). The molecule has 31 heavy (non-hydrogen) atoms. The minimum atomic E-state index is -0.0603. The normalized spacial score (nSPS) is 13.8. The van der Waals surface area contributed by atoms with Gasteiger partial charge in [0.05, 0.1) is 18.1 Å². The molecule has 164 valence electrons. The molecule has 1 aliphatic rings. The first-order valence-corrected chi connectivity index (χ1v) is 12.0. The van der Waals surface area contributed by atoms with Crippen LogP contribution >= 0.6 is 11.8 Å². The Morgan fingerprint density at radius 1 is 1.13 bits per heavy atom. The summed E-state index contributed by atoms with van der Waals surface area (Å²) in [5, 5.41) is 9.38. The molecule has 3 heterocycles. The fraction of sp³-hybridized carbons (Fsp3) is 0.478. The topological polar surface area (TPSA) is 75.9 Å². The van der Waals surface area contributed by atoms with Crippen LogP contribution in [0, 0.1) is 13.8 Å². The molecular formula is C23H30N6OS. The van der Waals surface area contributed by atoms with Gasteiger partial charge in [0, 0.05) is 31.0 Å². The second-order valence-corrected chi connectivity index (χ2v) is 9.17. The molecule has 1 aliphatic heterocycles. The number of benzene rings is 1. The van der Waals surface area contributed by atoms with E-state index in [0.29, 0.717) is 18.7 Å². The summed E-state index contributed by atoms with van der Waals surface area (Å²) in [5.74, 6) is 1.92. The number of hydrogen-bond acceptors (Lipinski definition) is 6. The molecule has 0 atom stereocenters. The second kappa shape index (κ2) is 9.68. The van der Waals surface area contributed by atoms with Gasteiger partial charge in [0.25, 0.3) is 5.91 Å². The van der Waals surface area contributed by atoms with Crippen molar-refractivity contribution < 1.29 is 4.79 Å². The molecule has 0 bridgehead atoms. The Balaban J connectivity index is 1.52. The van der Waals surface area contributed by atoms with Gasteiger partial charge in [-0.2, -0.15) is 5.10 Å². The van der Waals surface area contributed by atoms with Crippen LogP contribution in [0.25, 0.3) is 11.0 Å². The Labute approximate surface area is 187 Å². The average molecular weight is 439 g/mol. The third-order valence-corrected chi connectivity index (χ3v) is 6.44. The van der Waals surface area contributed by atoms with E-state index in [1.165, 1.54) is 12.8 Å². The lowest BCUT2D eigenvalue weighted by molar-refractivity contribution is 0.0952. The first-order chi connectivity index (χ1) is 15.0. The Kier molecular flexibility index (Phi) is 6.75. The standard InChI is InChI=1S/C23H30N6OS/c1-4-11-31-23-26-20(28-8-5-6-9-28)19-15-25-29(21(19)27-23)10-7-24-22(30)18-13-16(2)12-17(3)14-18/h12-15H,4-11H2,1-3H3,(H,24,30). The molecule has 8 heteroatoms. The minimum Gasteiger partial charge on any atom is -0.356 e. The maximum absolute atomic E-state index is 12.6. The quantitative estimate of drug-likeness (QED) is 0.424. The number of aromatic nitrogens is 4. The Bertz CT molecular complexity index is 1050. The number of carbonyl (C=O) groups excluding carboxylic acids is 1. The van der Waals surface area contributed by atoms with E-state index in [9.17, 15) is 4.79 Å². The van der Waals surface area contributed by atoms with Crippen molar-refractivity contribution in [1.82, 2.24) is 25.1 Å². The maximum atomic E-state index is 12.6. The number of amides is 1. The van der Waals surface area contributed by atoms with Crippen LogP contribution in [0.15, 0.2) is 29.6 Å². The fourth-order valence-corrected chi connectivity index (χ4v) is 4.68. The molecule has 1 N–H and O–H groups in total. The van der Waals surface area contributed by atoms with Crippen molar-refractivity contribution >= 4 is 34.5 Å². The highest BCUT2D eigenvalue weighted by Crippen LogP contribution is 2.29. The molecule has 3 aromatic rings. The third-order valence-electron chi connectivity index (χ3n) is 5.39. The van der Waals surface area contributed by atoms with Gasteiger partial charge in [0.2, 0.25) is 0 Å². The van der Waals surface area contributed by atoms with Gasteiger partial charge in [-0.1, -0.05) is 35.9 Å². The molecule has 2 aromatic heterocycles. The predicted octanol–water partition coefficient (Wildman–Crippen LogP) is 3.98. The van der Waals surface area contributed by atoms with E-state index in [1.807, 2.05) is 36.9 Å². The lowest BCUT2D eigenvalue weighted by Crippen LogP contribution is -2.27. The molecule has 1 fully saturated rings. The highest BCUT2D eigenvalue weighted by molar-refractivity contribution is 7.99. The van der Waals surface area contributed by atoms with Crippen molar-refractivity contribution in [2.24, 2.45) is 0 Å². The summed E-state index contributed by atoms with van der Waals surface area (Å²) in [7, 11) is 0. The largest absolute Gasteiger partial charge is 0.356 e. The van der Waals surface area contributed by atoms with Gasteiger partial charge < -0.3 is 10.2 Å². The van der Waals surface area contributed by atoms with Crippen molar-refractivity contribution in [2.75, 3.05) is 30.3 Å². The van der Waals surface area contributed by atoms with E-state index in [0.717, 1.165) is 58.4 Å².